The molecule has 0 unspecified atom stereocenters. The molecule has 5 rings (SSSR count). The first-order valence-electron chi connectivity index (χ1n) is 10.4. The quantitative estimate of drug-likeness (QED) is 0.657. The van der Waals surface area contributed by atoms with Crippen molar-refractivity contribution in [3.63, 3.8) is 0 Å². The second-order valence-electron chi connectivity index (χ2n) is 8.37. The van der Waals surface area contributed by atoms with Gasteiger partial charge >= 0.3 is 0 Å². The zero-order valence-corrected chi connectivity index (χ0v) is 17.1. The van der Waals surface area contributed by atoms with E-state index < -0.39 is 0 Å². The number of hydrogen-bond donors (Lipinski definition) is 0. The molecule has 2 aliphatic rings. The molecule has 0 aliphatic carbocycles. The van der Waals surface area contributed by atoms with Crippen molar-refractivity contribution < 1.29 is 4.74 Å². The Morgan fingerprint density at radius 2 is 1.77 bits per heavy atom. The van der Waals surface area contributed by atoms with Crippen LogP contribution in [0.2, 0.25) is 0 Å². The van der Waals surface area contributed by atoms with Crippen LogP contribution >= 0.6 is 0 Å². The van der Waals surface area contributed by atoms with Crippen molar-refractivity contribution in [2.45, 2.75) is 6.61 Å². The molecule has 4 heterocycles. The smallest absolute Gasteiger partial charge is 0.258 e. The van der Waals surface area contributed by atoms with E-state index in [0.717, 1.165) is 42.0 Å². The van der Waals surface area contributed by atoms with E-state index >= 15 is 0 Å². The molecule has 6 nitrogen and oxygen atoms in total. The molecule has 3 aromatic rings. The van der Waals surface area contributed by atoms with Crippen LogP contribution in [0.25, 0.3) is 5.69 Å². The van der Waals surface area contributed by atoms with E-state index in [-0.39, 0.29) is 5.56 Å². The summed E-state index contributed by atoms with van der Waals surface area (Å²) in [6.45, 7) is 4.92. The van der Waals surface area contributed by atoms with Gasteiger partial charge in [0.25, 0.3) is 5.56 Å². The van der Waals surface area contributed by atoms with E-state index in [1.807, 2.05) is 48.5 Å². The summed E-state index contributed by atoms with van der Waals surface area (Å²) < 4.78 is 7.35. The molecular formula is C24H26N4O2. The van der Waals surface area contributed by atoms with E-state index in [1.165, 1.54) is 19.2 Å². The van der Waals surface area contributed by atoms with Gasteiger partial charge in [-0.1, -0.05) is 30.3 Å². The molecule has 0 bridgehead atoms. The maximum absolute atomic E-state index is 12.6. The van der Waals surface area contributed by atoms with Gasteiger partial charge in [-0.3, -0.25) is 9.36 Å². The highest BCUT2D eigenvalue weighted by molar-refractivity contribution is 5.45. The average molecular weight is 402 g/mol. The fraction of sp³-hybridized carbons (Fsp3) is 0.333. The van der Waals surface area contributed by atoms with Crippen molar-refractivity contribution in [1.82, 2.24) is 14.5 Å². The summed E-state index contributed by atoms with van der Waals surface area (Å²) in [7, 11) is 2.20. The van der Waals surface area contributed by atoms with Gasteiger partial charge < -0.3 is 14.5 Å². The average Bonchev–Trinajstić information content (AvgIpc) is 3.31. The fourth-order valence-electron chi connectivity index (χ4n) is 4.63. The highest BCUT2D eigenvalue weighted by atomic mass is 16.5. The van der Waals surface area contributed by atoms with Crippen molar-refractivity contribution in [1.29, 1.82) is 0 Å². The molecule has 154 valence electrons. The third-order valence-corrected chi connectivity index (χ3v) is 6.14. The van der Waals surface area contributed by atoms with Crippen molar-refractivity contribution in [3.8, 4) is 11.4 Å². The SMILES string of the molecule is CN1C[C@@H]2CN(c3ccc(-n4ccc(OCc5ccccc5)cc4=O)cn3)C[C@@H]2C1. The van der Waals surface area contributed by atoms with E-state index in [9.17, 15) is 4.79 Å². The number of pyridine rings is 2. The van der Waals surface area contributed by atoms with Gasteiger partial charge in [0.1, 0.15) is 18.2 Å². The standard InChI is InChI=1S/C24H26N4O2/c1-26-13-19-15-27(16-20(19)14-26)23-8-7-21(12-25-23)28-10-9-22(11-24(28)29)30-17-18-5-3-2-4-6-18/h2-12,19-20H,13-17H2,1H3/t19-,20+. The number of likely N-dealkylation sites (tertiary alicyclic amines) is 1. The second kappa shape index (κ2) is 7.95. The fourth-order valence-corrected chi connectivity index (χ4v) is 4.63. The summed E-state index contributed by atoms with van der Waals surface area (Å²) in [5.74, 6) is 3.04. The third kappa shape index (κ3) is 3.83. The molecule has 0 radical (unpaired) electrons. The molecule has 2 saturated heterocycles. The lowest BCUT2D eigenvalue weighted by molar-refractivity contribution is 0.305. The lowest BCUT2D eigenvalue weighted by atomic mass is 10.0. The first kappa shape index (κ1) is 18.9. The van der Waals surface area contributed by atoms with Crippen molar-refractivity contribution >= 4 is 5.82 Å². The Kier molecular flexibility index (Phi) is 5.01. The van der Waals surface area contributed by atoms with Gasteiger partial charge in [-0.25, -0.2) is 4.98 Å². The topological polar surface area (TPSA) is 50.6 Å². The summed E-state index contributed by atoms with van der Waals surface area (Å²) in [4.78, 5) is 22.0. The Labute approximate surface area is 176 Å². The minimum Gasteiger partial charge on any atom is -0.489 e. The Bertz CT molecular complexity index is 1050. The number of anilines is 1. The van der Waals surface area contributed by atoms with Gasteiger partial charge in [0.05, 0.1) is 11.9 Å². The molecule has 0 amide bonds. The summed E-state index contributed by atoms with van der Waals surface area (Å²) in [6, 6.07) is 17.2. The van der Waals surface area contributed by atoms with Crippen LogP contribution < -0.4 is 15.2 Å². The van der Waals surface area contributed by atoms with Crippen molar-refractivity contribution in [2.24, 2.45) is 11.8 Å². The van der Waals surface area contributed by atoms with E-state index in [0.29, 0.717) is 12.4 Å². The summed E-state index contributed by atoms with van der Waals surface area (Å²) >= 11 is 0. The van der Waals surface area contributed by atoms with Gasteiger partial charge in [0.15, 0.2) is 0 Å². The highest BCUT2D eigenvalue weighted by Gasteiger charge is 2.38. The van der Waals surface area contributed by atoms with Gasteiger partial charge in [-0.15, -0.1) is 0 Å². The number of hydrogen-bond acceptors (Lipinski definition) is 5. The molecule has 0 saturated carbocycles. The Morgan fingerprint density at radius 1 is 1.00 bits per heavy atom. The van der Waals surface area contributed by atoms with Crippen LogP contribution in [0, 0.1) is 11.8 Å². The van der Waals surface area contributed by atoms with Gasteiger partial charge in [0, 0.05) is 38.4 Å². The monoisotopic (exact) mass is 402 g/mol. The molecule has 0 N–H and O–H groups in total. The molecule has 6 heteroatoms. The molecule has 2 aliphatic heterocycles. The normalized spacial score (nSPS) is 21.0. The zero-order chi connectivity index (χ0) is 20.5. The van der Waals surface area contributed by atoms with Crippen molar-refractivity contribution in [3.05, 3.63) is 82.9 Å². The van der Waals surface area contributed by atoms with Crippen LogP contribution in [-0.2, 0) is 6.61 Å². The van der Waals surface area contributed by atoms with Crippen LogP contribution in [0.5, 0.6) is 5.75 Å². The largest absolute Gasteiger partial charge is 0.489 e. The molecule has 1 aromatic carbocycles. The zero-order valence-electron chi connectivity index (χ0n) is 17.1. The number of aromatic nitrogens is 2. The van der Waals surface area contributed by atoms with Crippen LogP contribution in [-0.4, -0.2) is 47.7 Å². The molecule has 2 aromatic heterocycles. The number of fused-ring (bicyclic) bond motifs is 1. The third-order valence-electron chi connectivity index (χ3n) is 6.14. The first-order valence-corrected chi connectivity index (χ1v) is 10.4. The second-order valence-corrected chi connectivity index (χ2v) is 8.37. The van der Waals surface area contributed by atoms with E-state index in [2.05, 4.69) is 21.8 Å². The number of benzene rings is 1. The molecule has 0 spiro atoms. The summed E-state index contributed by atoms with van der Waals surface area (Å²) in [6.07, 6.45) is 3.52. The Balaban J connectivity index is 1.26. The number of nitrogens with zero attached hydrogens (tertiary/aromatic N) is 4. The molecule has 2 atom stereocenters. The van der Waals surface area contributed by atoms with Crippen LogP contribution in [0.15, 0.2) is 71.8 Å². The lowest BCUT2D eigenvalue weighted by Crippen LogP contribution is -2.27. The van der Waals surface area contributed by atoms with Crippen molar-refractivity contribution in [2.75, 3.05) is 38.1 Å². The van der Waals surface area contributed by atoms with Crippen LogP contribution in [0.1, 0.15) is 5.56 Å². The van der Waals surface area contributed by atoms with Gasteiger partial charge in [-0.05, 0) is 42.6 Å². The highest BCUT2D eigenvalue weighted by Crippen LogP contribution is 2.32. The maximum atomic E-state index is 12.6. The van der Waals surface area contributed by atoms with Gasteiger partial charge in [-0.2, -0.15) is 0 Å². The van der Waals surface area contributed by atoms with E-state index in [4.69, 9.17) is 4.74 Å². The van der Waals surface area contributed by atoms with E-state index in [1.54, 1.807) is 17.0 Å². The number of ether oxygens (including phenoxy) is 1. The predicted octanol–water partition coefficient (Wildman–Crippen LogP) is 2.81. The molecule has 30 heavy (non-hydrogen) atoms. The molecular weight excluding hydrogens is 376 g/mol. The minimum atomic E-state index is -0.131. The van der Waals surface area contributed by atoms with Gasteiger partial charge in [0.2, 0.25) is 0 Å². The number of rotatable bonds is 5. The first-order chi connectivity index (χ1) is 14.7. The minimum absolute atomic E-state index is 0.131. The molecule has 2 fully saturated rings. The lowest BCUT2D eigenvalue weighted by Gasteiger charge is -2.20. The predicted molar refractivity (Wildman–Crippen MR) is 117 cm³/mol. The summed E-state index contributed by atoms with van der Waals surface area (Å²) in [5, 5.41) is 0. The summed E-state index contributed by atoms with van der Waals surface area (Å²) in [5.41, 5.74) is 1.70. The van der Waals surface area contributed by atoms with Crippen LogP contribution in [0.4, 0.5) is 5.82 Å². The Hall–Kier alpha value is -3.12. The maximum Gasteiger partial charge on any atom is 0.258 e. The Morgan fingerprint density at radius 3 is 2.43 bits per heavy atom. The van der Waals surface area contributed by atoms with Crippen LogP contribution in [0.3, 0.4) is 0 Å².